The van der Waals surface area contributed by atoms with E-state index in [2.05, 4.69) is 4.72 Å². The lowest BCUT2D eigenvalue weighted by molar-refractivity contribution is -0.134. The highest BCUT2D eigenvalue weighted by atomic mass is 35.5. The zero-order chi connectivity index (χ0) is 19.0. The number of sulfonamides is 1. The molecule has 7 nitrogen and oxygen atoms in total. The molecule has 9 heteroatoms. The van der Waals surface area contributed by atoms with E-state index in [1.54, 1.807) is 36.3 Å². The first-order chi connectivity index (χ1) is 12.4. The number of likely N-dealkylation sites (tertiary alicyclic amines) is 1. The van der Waals surface area contributed by atoms with Crippen LogP contribution < -0.4 is 9.46 Å². The molecule has 1 aliphatic rings. The first kappa shape index (κ1) is 21.0. The molecule has 1 amide bonds. The molecule has 1 aromatic carbocycles. The molecule has 0 saturated carbocycles. The predicted octanol–water partition coefficient (Wildman–Crippen LogP) is 1.67. The molecule has 146 valence electrons. The van der Waals surface area contributed by atoms with Crippen LogP contribution >= 0.6 is 11.6 Å². The number of nitrogens with zero attached hydrogens (tertiary/aromatic N) is 1. The highest BCUT2D eigenvalue weighted by molar-refractivity contribution is 7.90. The van der Waals surface area contributed by atoms with Crippen LogP contribution in [0.2, 0.25) is 5.02 Å². The fourth-order valence-corrected chi connectivity index (χ4v) is 4.35. The number of carbonyl (C=O) groups is 1. The fraction of sp³-hybridized carbons (Fsp3) is 0.588. The maximum atomic E-state index is 12.3. The van der Waals surface area contributed by atoms with Crippen LogP contribution in [0.3, 0.4) is 0 Å². The molecule has 1 saturated heterocycles. The maximum absolute atomic E-state index is 12.3. The molecule has 1 heterocycles. The van der Waals surface area contributed by atoms with Crippen molar-refractivity contribution in [2.45, 2.75) is 24.5 Å². The van der Waals surface area contributed by atoms with Gasteiger partial charge in [-0.2, -0.15) is 0 Å². The molecule has 0 aliphatic carbocycles. The zero-order valence-electron chi connectivity index (χ0n) is 14.8. The van der Waals surface area contributed by atoms with Gasteiger partial charge in [-0.1, -0.05) is 11.6 Å². The maximum Gasteiger partial charge on any atom is 0.260 e. The molecule has 0 spiro atoms. The van der Waals surface area contributed by atoms with Crippen LogP contribution in [-0.2, 0) is 19.6 Å². The second-order valence-corrected chi connectivity index (χ2v) is 8.59. The molecule has 26 heavy (non-hydrogen) atoms. The van der Waals surface area contributed by atoms with Crippen LogP contribution in [0.1, 0.15) is 19.3 Å². The minimum Gasteiger partial charge on any atom is -0.484 e. The molecule has 0 unspecified atom stereocenters. The number of nitrogens with one attached hydrogen (secondary N) is 1. The third-order valence-electron chi connectivity index (χ3n) is 4.24. The zero-order valence-corrected chi connectivity index (χ0v) is 16.4. The van der Waals surface area contributed by atoms with Gasteiger partial charge in [-0.3, -0.25) is 4.79 Å². The van der Waals surface area contributed by atoms with Crippen LogP contribution in [-0.4, -0.2) is 64.4 Å². The summed E-state index contributed by atoms with van der Waals surface area (Å²) in [5.74, 6) is 0.421. The Hall–Kier alpha value is -1.35. The van der Waals surface area contributed by atoms with Gasteiger partial charge in [0.05, 0.1) is 5.25 Å². The largest absolute Gasteiger partial charge is 0.484 e. The van der Waals surface area contributed by atoms with Gasteiger partial charge in [0, 0.05) is 38.4 Å². The average Bonchev–Trinajstić information content (AvgIpc) is 2.65. The van der Waals surface area contributed by atoms with Gasteiger partial charge in [0.25, 0.3) is 5.91 Å². The number of hydrogen-bond donors (Lipinski definition) is 1. The van der Waals surface area contributed by atoms with E-state index in [1.165, 1.54) is 0 Å². The summed E-state index contributed by atoms with van der Waals surface area (Å²) in [5, 5.41) is 0.133. The van der Waals surface area contributed by atoms with E-state index in [0.29, 0.717) is 56.3 Å². The summed E-state index contributed by atoms with van der Waals surface area (Å²) in [6.45, 7) is 1.63. The Balaban J connectivity index is 1.74. The van der Waals surface area contributed by atoms with Crippen molar-refractivity contribution in [1.82, 2.24) is 9.62 Å². The fourth-order valence-electron chi connectivity index (χ4n) is 2.73. The summed E-state index contributed by atoms with van der Waals surface area (Å²) >= 11 is 5.80. The summed E-state index contributed by atoms with van der Waals surface area (Å²) in [4.78, 5) is 13.9. The predicted molar refractivity (Wildman–Crippen MR) is 100.0 cm³/mol. The lowest BCUT2D eigenvalue weighted by Crippen LogP contribution is -2.46. The summed E-state index contributed by atoms with van der Waals surface area (Å²) in [6, 6.07) is 6.78. The lowest BCUT2D eigenvalue weighted by Gasteiger charge is -2.31. The molecule has 1 N–H and O–H groups in total. The van der Waals surface area contributed by atoms with Crippen LogP contribution in [0, 0.1) is 0 Å². The Kier molecular flexibility index (Phi) is 8.15. The Morgan fingerprint density at radius 2 is 1.92 bits per heavy atom. The molecule has 0 radical (unpaired) electrons. The van der Waals surface area contributed by atoms with Crippen molar-refractivity contribution in [2.24, 2.45) is 0 Å². The minimum atomic E-state index is -3.36. The van der Waals surface area contributed by atoms with Crippen LogP contribution in [0.15, 0.2) is 24.3 Å². The summed E-state index contributed by atoms with van der Waals surface area (Å²) in [5.41, 5.74) is 0. The smallest absolute Gasteiger partial charge is 0.260 e. The quantitative estimate of drug-likeness (QED) is 0.633. The highest BCUT2D eigenvalue weighted by Crippen LogP contribution is 2.18. The summed E-state index contributed by atoms with van der Waals surface area (Å²) in [7, 11) is -1.78. The first-order valence-corrected chi connectivity index (χ1v) is 10.5. The normalized spacial score (nSPS) is 15.8. The van der Waals surface area contributed by atoms with Crippen LogP contribution in [0.4, 0.5) is 0 Å². The number of methoxy groups -OCH3 is 1. The van der Waals surface area contributed by atoms with Gasteiger partial charge in [0.1, 0.15) is 5.75 Å². The number of halogens is 1. The molecule has 1 aromatic rings. The molecule has 0 bridgehead atoms. The van der Waals surface area contributed by atoms with E-state index in [0.717, 1.165) is 0 Å². The molecule has 0 atom stereocenters. The van der Waals surface area contributed by atoms with E-state index >= 15 is 0 Å². The van der Waals surface area contributed by atoms with Crippen molar-refractivity contribution in [3.05, 3.63) is 29.3 Å². The molecule has 2 rings (SSSR count). The van der Waals surface area contributed by atoms with Crippen molar-refractivity contribution in [3.8, 4) is 5.75 Å². The third-order valence-corrected chi connectivity index (χ3v) is 6.45. The second-order valence-electron chi connectivity index (χ2n) is 6.11. The van der Waals surface area contributed by atoms with E-state index in [-0.39, 0.29) is 12.5 Å². The van der Waals surface area contributed by atoms with Crippen LogP contribution in [0.5, 0.6) is 5.75 Å². The van der Waals surface area contributed by atoms with E-state index < -0.39 is 15.3 Å². The highest BCUT2D eigenvalue weighted by Gasteiger charge is 2.31. The number of benzene rings is 1. The molecule has 0 aromatic heterocycles. The Morgan fingerprint density at radius 1 is 1.27 bits per heavy atom. The minimum absolute atomic E-state index is 0.0751. The van der Waals surface area contributed by atoms with Gasteiger partial charge in [0.15, 0.2) is 6.61 Å². The van der Waals surface area contributed by atoms with Gasteiger partial charge in [-0.25, -0.2) is 13.1 Å². The number of piperidine rings is 1. The van der Waals surface area contributed by atoms with Gasteiger partial charge in [-0.15, -0.1) is 0 Å². The topological polar surface area (TPSA) is 84.9 Å². The number of carbonyl (C=O) groups excluding carboxylic acids is 1. The number of hydrogen-bond acceptors (Lipinski definition) is 5. The van der Waals surface area contributed by atoms with E-state index in [9.17, 15) is 13.2 Å². The van der Waals surface area contributed by atoms with Gasteiger partial charge in [0.2, 0.25) is 10.0 Å². The third kappa shape index (κ3) is 6.42. The SMILES string of the molecule is COCCCNS(=O)(=O)C1CCN(C(=O)COc2ccc(Cl)cc2)CC1. The number of rotatable bonds is 9. The Morgan fingerprint density at radius 3 is 2.54 bits per heavy atom. The van der Waals surface area contributed by atoms with Gasteiger partial charge >= 0.3 is 0 Å². The van der Waals surface area contributed by atoms with Crippen LogP contribution in [0.25, 0.3) is 0 Å². The van der Waals surface area contributed by atoms with E-state index in [4.69, 9.17) is 21.1 Å². The van der Waals surface area contributed by atoms with Crippen molar-refractivity contribution in [1.29, 1.82) is 0 Å². The molecular formula is C17H25ClN2O5S. The molecule has 1 aliphatic heterocycles. The Labute approximate surface area is 159 Å². The Bertz CT molecular complexity index is 673. The van der Waals surface area contributed by atoms with Crippen molar-refractivity contribution in [3.63, 3.8) is 0 Å². The van der Waals surface area contributed by atoms with Crippen molar-refractivity contribution >= 4 is 27.5 Å². The second kappa shape index (κ2) is 10.1. The molecule has 1 fully saturated rings. The van der Waals surface area contributed by atoms with Crippen molar-refractivity contribution < 1.29 is 22.7 Å². The first-order valence-electron chi connectivity index (χ1n) is 8.56. The molecular weight excluding hydrogens is 380 g/mol. The summed E-state index contributed by atoms with van der Waals surface area (Å²) < 4.78 is 37.5. The summed E-state index contributed by atoms with van der Waals surface area (Å²) in [6.07, 6.45) is 1.48. The number of ether oxygens (including phenoxy) is 2. The van der Waals surface area contributed by atoms with Crippen molar-refractivity contribution in [2.75, 3.05) is 40.0 Å². The van der Waals surface area contributed by atoms with Gasteiger partial charge in [-0.05, 0) is 43.5 Å². The average molecular weight is 405 g/mol. The standard InChI is InChI=1S/C17H25ClN2O5S/c1-24-12-2-9-19-26(22,23)16-7-10-20(11-8-16)17(21)13-25-15-5-3-14(18)4-6-15/h3-6,16,19H,2,7-13H2,1H3. The monoisotopic (exact) mass is 404 g/mol. The lowest BCUT2D eigenvalue weighted by atomic mass is 10.1. The van der Waals surface area contributed by atoms with Gasteiger partial charge < -0.3 is 14.4 Å². The van der Waals surface area contributed by atoms with E-state index in [1.807, 2.05) is 0 Å². The number of amides is 1.